The van der Waals surface area contributed by atoms with Gasteiger partial charge in [-0.05, 0) is 18.6 Å². The van der Waals surface area contributed by atoms with E-state index >= 15 is 0 Å². The average Bonchev–Trinajstić information content (AvgIpc) is 2.59. The number of hydrogen-bond acceptors (Lipinski definition) is 5. The third kappa shape index (κ3) is 4.51. The van der Waals surface area contributed by atoms with E-state index in [9.17, 15) is 9.59 Å². The summed E-state index contributed by atoms with van der Waals surface area (Å²) in [6.07, 6.45) is 2.23. The Morgan fingerprint density at radius 3 is 2.91 bits per heavy atom. The van der Waals surface area contributed by atoms with Crippen LogP contribution in [0.3, 0.4) is 0 Å². The Morgan fingerprint density at radius 2 is 2.18 bits per heavy atom. The molecule has 7 nitrogen and oxygen atoms in total. The molecule has 0 aromatic carbocycles. The van der Waals surface area contributed by atoms with Gasteiger partial charge in [-0.15, -0.1) is 0 Å². The number of carbonyl (C=O) groups excluding carboxylic acids is 2. The molecule has 0 spiro atoms. The molecule has 1 aliphatic rings. The molecule has 2 amide bonds. The Kier molecular flexibility index (Phi) is 6.29. The van der Waals surface area contributed by atoms with E-state index in [1.54, 1.807) is 18.1 Å². The van der Waals surface area contributed by atoms with Crippen molar-refractivity contribution in [2.45, 2.75) is 6.42 Å². The lowest BCUT2D eigenvalue weighted by atomic mass is 10.2. The monoisotopic (exact) mass is 307 g/mol. The first-order chi connectivity index (χ1) is 10.7. The van der Waals surface area contributed by atoms with Crippen molar-refractivity contribution >= 4 is 11.8 Å². The van der Waals surface area contributed by atoms with E-state index in [0.29, 0.717) is 45.0 Å². The van der Waals surface area contributed by atoms with Crippen LogP contribution in [0.5, 0.6) is 0 Å². The van der Waals surface area contributed by atoms with Crippen LogP contribution in [0.1, 0.15) is 27.3 Å². The molecule has 0 radical (unpaired) electrons. The molecule has 1 fully saturated rings. The first-order valence-electron chi connectivity index (χ1n) is 7.32. The summed E-state index contributed by atoms with van der Waals surface area (Å²) in [6.45, 7) is 3.29. The van der Waals surface area contributed by atoms with Gasteiger partial charge in [0.25, 0.3) is 11.8 Å². The second kappa shape index (κ2) is 8.45. The first-order valence-corrected chi connectivity index (χ1v) is 7.32. The summed E-state index contributed by atoms with van der Waals surface area (Å²) < 4.78 is 10.1. The number of nitrogens with one attached hydrogen (secondary N) is 1. The lowest BCUT2D eigenvalue weighted by molar-refractivity contribution is 0.0299. The van der Waals surface area contributed by atoms with E-state index in [-0.39, 0.29) is 17.5 Å². The van der Waals surface area contributed by atoms with Crippen LogP contribution in [0, 0.1) is 0 Å². The number of morpholine rings is 1. The van der Waals surface area contributed by atoms with Crippen molar-refractivity contribution < 1.29 is 19.1 Å². The number of nitrogens with zero attached hydrogens (tertiary/aromatic N) is 2. The number of pyridine rings is 1. The molecule has 0 atom stereocenters. The summed E-state index contributed by atoms with van der Waals surface area (Å²) >= 11 is 0. The zero-order valence-corrected chi connectivity index (χ0v) is 12.7. The van der Waals surface area contributed by atoms with Gasteiger partial charge in [0.2, 0.25) is 0 Å². The van der Waals surface area contributed by atoms with Crippen LogP contribution >= 0.6 is 0 Å². The highest BCUT2D eigenvalue weighted by molar-refractivity contribution is 5.98. The van der Waals surface area contributed by atoms with Crippen LogP contribution in [0.15, 0.2) is 18.3 Å². The highest BCUT2D eigenvalue weighted by atomic mass is 16.5. The number of rotatable bonds is 6. The minimum atomic E-state index is -0.213. The fourth-order valence-electron chi connectivity index (χ4n) is 2.14. The summed E-state index contributed by atoms with van der Waals surface area (Å²) in [6, 6.07) is 3.13. The topological polar surface area (TPSA) is 80.8 Å². The Balaban J connectivity index is 1.96. The first kappa shape index (κ1) is 16.4. The summed E-state index contributed by atoms with van der Waals surface area (Å²) in [5.74, 6) is -0.383. The molecule has 0 aliphatic carbocycles. The fraction of sp³-hybridized carbons (Fsp3) is 0.533. The average molecular weight is 307 g/mol. The molecule has 22 heavy (non-hydrogen) atoms. The second-order valence-corrected chi connectivity index (χ2v) is 4.94. The molecule has 2 heterocycles. The standard InChI is InChI=1S/C15H21N3O4/c1-21-8-2-4-17-14(19)12-3-5-16-13(11-12)15(20)18-6-9-22-10-7-18/h3,5,11H,2,4,6-10H2,1H3,(H,17,19). The molecule has 0 saturated carbocycles. The Bertz CT molecular complexity index is 515. The maximum Gasteiger partial charge on any atom is 0.272 e. The van der Waals surface area contributed by atoms with E-state index in [0.717, 1.165) is 6.42 Å². The Hall–Kier alpha value is -1.99. The zero-order chi connectivity index (χ0) is 15.8. The summed E-state index contributed by atoms with van der Waals surface area (Å²) in [4.78, 5) is 30.1. The zero-order valence-electron chi connectivity index (χ0n) is 12.7. The predicted octanol–water partition coefficient (Wildman–Crippen LogP) is 0.320. The molecular weight excluding hydrogens is 286 g/mol. The van der Waals surface area contributed by atoms with Gasteiger partial charge in [-0.25, -0.2) is 0 Å². The van der Waals surface area contributed by atoms with Crippen LogP contribution in [0.25, 0.3) is 0 Å². The number of carbonyl (C=O) groups is 2. The molecule has 0 unspecified atom stereocenters. The Morgan fingerprint density at radius 1 is 1.41 bits per heavy atom. The van der Waals surface area contributed by atoms with Crippen molar-refractivity contribution in [3.8, 4) is 0 Å². The van der Waals surface area contributed by atoms with Gasteiger partial charge in [0.1, 0.15) is 5.69 Å². The molecule has 1 aromatic rings. The minimum absolute atomic E-state index is 0.169. The molecule has 1 aromatic heterocycles. The summed E-state index contributed by atoms with van der Waals surface area (Å²) in [5, 5.41) is 2.79. The molecular formula is C15H21N3O4. The van der Waals surface area contributed by atoms with Crippen LogP contribution in [-0.2, 0) is 9.47 Å². The molecule has 7 heteroatoms. The highest BCUT2D eigenvalue weighted by Gasteiger charge is 2.20. The van der Waals surface area contributed by atoms with E-state index < -0.39 is 0 Å². The van der Waals surface area contributed by atoms with E-state index in [2.05, 4.69) is 10.3 Å². The third-order valence-electron chi connectivity index (χ3n) is 3.35. The molecule has 1 aliphatic heterocycles. The van der Waals surface area contributed by atoms with Gasteiger partial charge in [0.05, 0.1) is 13.2 Å². The maximum atomic E-state index is 12.3. The lowest BCUT2D eigenvalue weighted by Gasteiger charge is -2.26. The quantitative estimate of drug-likeness (QED) is 0.766. The second-order valence-electron chi connectivity index (χ2n) is 4.94. The van der Waals surface area contributed by atoms with Gasteiger partial charge in [0.15, 0.2) is 0 Å². The largest absolute Gasteiger partial charge is 0.385 e. The summed E-state index contributed by atoms with van der Waals surface area (Å²) in [5.41, 5.74) is 0.718. The molecule has 120 valence electrons. The van der Waals surface area contributed by atoms with Crippen molar-refractivity contribution in [2.75, 3.05) is 46.6 Å². The molecule has 1 saturated heterocycles. The number of ether oxygens (including phenoxy) is 2. The number of methoxy groups -OCH3 is 1. The molecule has 1 N–H and O–H groups in total. The van der Waals surface area contributed by atoms with E-state index in [1.165, 1.54) is 12.3 Å². The number of hydrogen-bond donors (Lipinski definition) is 1. The lowest BCUT2D eigenvalue weighted by Crippen LogP contribution is -2.41. The van der Waals surface area contributed by atoms with E-state index in [4.69, 9.17) is 9.47 Å². The van der Waals surface area contributed by atoms with E-state index in [1.807, 2.05) is 0 Å². The van der Waals surface area contributed by atoms with Crippen molar-refractivity contribution in [2.24, 2.45) is 0 Å². The van der Waals surface area contributed by atoms with Gasteiger partial charge in [-0.2, -0.15) is 0 Å². The maximum absolute atomic E-state index is 12.3. The van der Waals surface area contributed by atoms with Gasteiger partial charge in [-0.3, -0.25) is 14.6 Å². The smallest absolute Gasteiger partial charge is 0.272 e. The van der Waals surface area contributed by atoms with Gasteiger partial charge in [-0.1, -0.05) is 0 Å². The van der Waals surface area contributed by atoms with Crippen LogP contribution in [-0.4, -0.2) is 68.3 Å². The van der Waals surface area contributed by atoms with Crippen LogP contribution < -0.4 is 5.32 Å². The van der Waals surface area contributed by atoms with Crippen molar-refractivity contribution in [3.05, 3.63) is 29.6 Å². The van der Waals surface area contributed by atoms with Crippen molar-refractivity contribution in [3.63, 3.8) is 0 Å². The fourth-order valence-corrected chi connectivity index (χ4v) is 2.14. The normalized spacial score (nSPS) is 14.7. The highest BCUT2D eigenvalue weighted by Crippen LogP contribution is 2.07. The van der Waals surface area contributed by atoms with Crippen LogP contribution in [0.2, 0.25) is 0 Å². The molecule has 0 bridgehead atoms. The van der Waals surface area contributed by atoms with Crippen LogP contribution in [0.4, 0.5) is 0 Å². The number of aromatic nitrogens is 1. The predicted molar refractivity (Wildman–Crippen MR) is 79.8 cm³/mol. The van der Waals surface area contributed by atoms with Gasteiger partial charge < -0.3 is 19.7 Å². The SMILES string of the molecule is COCCCNC(=O)c1ccnc(C(=O)N2CCOCC2)c1. The number of amides is 2. The third-order valence-corrected chi connectivity index (χ3v) is 3.35. The van der Waals surface area contributed by atoms with Crippen molar-refractivity contribution in [1.82, 2.24) is 15.2 Å². The summed E-state index contributed by atoms with van der Waals surface area (Å²) in [7, 11) is 1.62. The van der Waals surface area contributed by atoms with Gasteiger partial charge >= 0.3 is 0 Å². The van der Waals surface area contributed by atoms with Crippen molar-refractivity contribution in [1.29, 1.82) is 0 Å². The Labute approximate surface area is 129 Å². The minimum Gasteiger partial charge on any atom is -0.385 e. The van der Waals surface area contributed by atoms with Gasteiger partial charge in [0, 0.05) is 45.1 Å². The molecule has 2 rings (SSSR count).